The van der Waals surface area contributed by atoms with Crippen LogP contribution in [0.4, 0.5) is 35.7 Å². The van der Waals surface area contributed by atoms with Crippen LogP contribution in [0.25, 0.3) is 0 Å². The summed E-state index contributed by atoms with van der Waals surface area (Å²) in [6.45, 7) is 6.66. The van der Waals surface area contributed by atoms with Crippen molar-refractivity contribution in [2.75, 3.05) is 58.1 Å². The largest absolute Gasteiger partial charge is 0.394 e. The molecule has 2 aromatic heterocycles. The van der Waals surface area contributed by atoms with Gasteiger partial charge in [0.15, 0.2) is 0 Å². The van der Waals surface area contributed by atoms with E-state index in [1.807, 2.05) is 0 Å². The third-order valence-corrected chi connectivity index (χ3v) is 4.86. The molecule has 224 valence electrons. The van der Waals surface area contributed by atoms with Gasteiger partial charge in [-0.15, -0.1) is 12.8 Å². The van der Waals surface area contributed by atoms with Crippen molar-refractivity contribution in [2.24, 2.45) is 0 Å². The third kappa shape index (κ3) is 16.5. The van der Waals surface area contributed by atoms with Gasteiger partial charge >= 0.3 is 10.4 Å². The highest BCUT2D eigenvalue weighted by Gasteiger charge is 2.23. The molecule has 0 aliphatic heterocycles. The first kappa shape index (κ1) is 33.0. The lowest BCUT2D eigenvalue weighted by atomic mass is 10.5. The van der Waals surface area contributed by atoms with E-state index in [0.717, 1.165) is 25.9 Å². The molecule has 2 aliphatic rings. The van der Waals surface area contributed by atoms with Gasteiger partial charge in [-0.3, -0.25) is 9.11 Å². The number of hydrogen-bond acceptors (Lipinski definition) is 14. The molecule has 0 saturated heterocycles. The highest BCUT2D eigenvalue weighted by atomic mass is 32.3. The van der Waals surface area contributed by atoms with Crippen molar-refractivity contribution in [1.29, 1.82) is 0 Å². The van der Waals surface area contributed by atoms with Gasteiger partial charge in [0.05, 0.1) is 13.1 Å². The summed E-state index contributed by atoms with van der Waals surface area (Å²) in [6.07, 6.45) is 17.2. The Morgan fingerprint density at radius 3 is 1.22 bits per heavy atom. The number of hydrogen-bond donors (Lipinski definition) is 8. The number of nitrogens with one attached hydrogen (secondary N) is 6. The van der Waals surface area contributed by atoms with Crippen molar-refractivity contribution < 1.29 is 17.5 Å². The maximum atomic E-state index is 8.74. The van der Waals surface area contributed by atoms with E-state index in [0.29, 0.717) is 60.9 Å². The van der Waals surface area contributed by atoms with Gasteiger partial charge in [-0.2, -0.15) is 38.3 Å². The number of anilines is 6. The summed E-state index contributed by atoms with van der Waals surface area (Å²) in [5.74, 6) is 8.37. The van der Waals surface area contributed by atoms with Crippen molar-refractivity contribution in [3.05, 3.63) is 0 Å². The molecule has 0 spiro atoms. The molecule has 0 unspecified atom stereocenters. The Morgan fingerprint density at radius 2 is 0.951 bits per heavy atom. The zero-order valence-electron chi connectivity index (χ0n) is 23.2. The van der Waals surface area contributed by atoms with Gasteiger partial charge in [-0.05, 0) is 38.5 Å². The standard InChI is InChI=1S/2C12H18N6.H2O4S/c2*1-3-7-13-10-16-11(14-8-4-2)18-12(17-10)15-9-5-6-9;1-5(2,3)4/h2*1,9H,4-8H2,2H3,(H3,13,14,15,16,17,18);(H2,1,2,3,4). The molecule has 0 atom stereocenters. The molecule has 4 rings (SSSR count). The number of rotatable bonds is 14. The molecule has 16 nitrogen and oxygen atoms in total. The van der Waals surface area contributed by atoms with Gasteiger partial charge in [-0.25, -0.2) is 0 Å². The lowest BCUT2D eigenvalue weighted by Crippen LogP contribution is -2.13. The maximum absolute atomic E-state index is 8.74. The summed E-state index contributed by atoms with van der Waals surface area (Å²) >= 11 is 0. The molecule has 2 aliphatic carbocycles. The van der Waals surface area contributed by atoms with E-state index in [9.17, 15) is 0 Å². The first-order valence-corrected chi connectivity index (χ1v) is 14.6. The Labute approximate surface area is 240 Å². The van der Waals surface area contributed by atoms with E-state index in [1.54, 1.807) is 0 Å². The number of nitrogens with zero attached hydrogens (tertiary/aromatic N) is 6. The summed E-state index contributed by atoms with van der Waals surface area (Å²) in [6, 6.07) is 1.01. The van der Waals surface area contributed by atoms with Crippen molar-refractivity contribution in [1.82, 2.24) is 29.9 Å². The van der Waals surface area contributed by atoms with E-state index >= 15 is 0 Å². The SMILES string of the molecule is C#CCNc1nc(NCCC)nc(NC2CC2)n1.C#CCNc1nc(NCCC)nc(NC2CC2)n1.O=S(=O)(O)O. The van der Waals surface area contributed by atoms with E-state index in [-0.39, 0.29) is 0 Å². The maximum Gasteiger partial charge on any atom is 0.394 e. The first-order valence-electron chi connectivity index (χ1n) is 13.2. The van der Waals surface area contributed by atoms with Crippen molar-refractivity contribution in [3.63, 3.8) is 0 Å². The summed E-state index contributed by atoms with van der Waals surface area (Å²) in [4.78, 5) is 25.7. The van der Waals surface area contributed by atoms with E-state index in [1.165, 1.54) is 25.7 Å². The molecular weight excluding hydrogens is 552 g/mol. The quantitative estimate of drug-likeness (QED) is 0.116. The fraction of sp³-hybridized carbons (Fsp3) is 0.583. The van der Waals surface area contributed by atoms with Crippen LogP contribution in [0.2, 0.25) is 0 Å². The number of aromatic nitrogens is 6. The molecule has 2 saturated carbocycles. The topological polar surface area (TPSA) is 224 Å². The first-order chi connectivity index (χ1) is 19.6. The lowest BCUT2D eigenvalue weighted by Gasteiger charge is -2.09. The Hall–Kier alpha value is -4.19. The molecule has 0 radical (unpaired) electrons. The molecule has 8 N–H and O–H groups in total. The van der Waals surface area contributed by atoms with Crippen molar-refractivity contribution in [2.45, 2.75) is 64.5 Å². The Morgan fingerprint density at radius 1 is 0.659 bits per heavy atom. The second-order valence-corrected chi connectivity index (χ2v) is 9.76. The molecule has 0 amide bonds. The second-order valence-electron chi connectivity index (χ2n) is 8.87. The highest BCUT2D eigenvalue weighted by Crippen LogP contribution is 2.24. The Bertz CT molecular complexity index is 1180. The van der Waals surface area contributed by atoms with Gasteiger partial charge in [0.25, 0.3) is 0 Å². The van der Waals surface area contributed by atoms with Crippen LogP contribution in [-0.4, -0.2) is 85.7 Å². The van der Waals surface area contributed by atoms with E-state index < -0.39 is 10.4 Å². The molecular formula is C24H38N12O4S. The predicted octanol–water partition coefficient (Wildman–Crippen LogP) is 1.97. The summed E-state index contributed by atoms with van der Waals surface area (Å²) in [5, 5.41) is 18.7. The molecule has 0 aromatic carbocycles. The molecule has 17 heteroatoms. The number of terminal acetylenes is 2. The van der Waals surface area contributed by atoms with Gasteiger partial charge in [0, 0.05) is 25.2 Å². The van der Waals surface area contributed by atoms with Crippen LogP contribution in [0.1, 0.15) is 52.4 Å². The highest BCUT2D eigenvalue weighted by molar-refractivity contribution is 7.79. The minimum atomic E-state index is -4.67. The minimum absolute atomic E-state index is 0.403. The van der Waals surface area contributed by atoms with Crippen LogP contribution in [0.15, 0.2) is 0 Å². The summed E-state index contributed by atoms with van der Waals surface area (Å²) < 4.78 is 31.6. The third-order valence-electron chi connectivity index (χ3n) is 4.86. The summed E-state index contributed by atoms with van der Waals surface area (Å²) in [7, 11) is -4.67. The minimum Gasteiger partial charge on any atom is -0.354 e. The zero-order chi connectivity index (χ0) is 30.1. The van der Waals surface area contributed by atoms with Gasteiger partial charge in [0.1, 0.15) is 0 Å². The van der Waals surface area contributed by atoms with Crippen LogP contribution in [0.3, 0.4) is 0 Å². The normalized spacial score (nSPS) is 13.5. The van der Waals surface area contributed by atoms with Crippen LogP contribution in [-0.2, 0) is 10.4 Å². The molecule has 41 heavy (non-hydrogen) atoms. The monoisotopic (exact) mass is 590 g/mol. The van der Waals surface area contributed by atoms with Crippen molar-refractivity contribution >= 4 is 46.1 Å². The van der Waals surface area contributed by atoms with Crippen molar-refractivity contribution in [3.8, 4) is 24.7 Å². The average Bonchev–Trinajstić information content (AvgIpc) is 3.86. The van der Waals surface area contributed by atoms with E-state index in [2.05, 4.69) is 87.5 Å². The molecule has 0 bridgehead atoms. The lowest BCUT2D eigenvalue weighted by molar-refractivity contribution is 0.381. The van der Waals surface area contributed by atoms with Crippen LogP contribution >= 0.6 is 0 Å². The average molecular weight is 591 g/mol. The van der Waals surface area contributed by atoms with Gasteiger partial charge in [0.2, 0.25) is 35.7 Å². The second kappa shape index (κ2) is 17.5. The smallest absolute Gasteiger partial charge is 0.354 e. The Kier molecular flexibility index (Phi) is 14.1. The molecule has 2 heterocycles. The zero-order valence-corrected chi connectivity index (χ0v) is 24.0. The molecule has 2 fully saturated rings. The van der Waals surface area contributed by atoms with Crippen LogP contribution in [0, 0.1) is 24.7 Å². The van der Waals surface area contributed by atoms with Gasteiger partial charge in [-0.1, -0.05) is 25.7 Å². The predicted molar refractivity (Wildman–Crippen MR) is 159 cm³/mol. The molecule has 2 aromatic rings. The fourth-order valence-electron chi connectivity index (χ4n) is 2.75. The van der Waals surface area contributed by atoms with Gasteiger partial charge < -0.3 is 31.9 Å². The van der Waals surface area contributed by atoms with E-state index in [4.69, 9.17) is 30.4 Å². The Balaban J connectivity index is 0.000000247. The van der Waals surface area contributed by atoms with Crippen LogP contribution < -0.4 is 31.9 Å². The summed E-state index contributed by atoms with van der Waals surface area (Å²) in [5.41, 5.74) is 0. The van der Waals surface area contributed by atoms with Crippen LogP contribution in [0.5, 0.6) is 0 Å². The fourth-order valence-corrected chi connectivity index (χ4v) is 2.75.